The molecule has 0 aliphatic heterocycles. The van der Waals surface area contributed by atoms with Crippen LogP contribution in [0.4, 0.5) is 5.69 Å². The number of carbonyl (C=O) groups is 2. The second kappa shape index (κ2) is 8.56. The highest BCUT2D eigenvalue weighted by Crippen LogP contribution is 2.23. The van der Waals surface area contributed by atoms with Crippen LogP contribution in [0.3, 0.4) is 0 Å². The number of likely N-dealkylation sites (N-methyl/N-ethyl adjacent to an activating group) is 1. The van der Waals surface area contributed by atoms with Gasteiger partial charge in [-0.15, -0.1) is 0 Å². The van der Waals surface area contributed by atoms with E-state index in [1.807, 2.05) is 48.9 Å². The summed E-state index contributed by atoms with van der Waals surface area (Å²) in [4.78, 5) is 28.8. The maximum Gasteiger partial charge on any atom is 0.261 e. The van der Waals surface area contributed by atoms with E-state index in [0.717, 1.165) is 23.0 Å². The molecule has 0 aliphatic carbocycles. The van der Waals surface area contributed by atoms with E-state index in [2.05, 4.69) is 15.6 Å². The molecule has 2 aromatic heterocycles. The topological polar surface area (TPSA) is 85.2 Å². The number of amides is 2. The lowest BCUT2D eigenvalue weighted by atomic mass is 10.2. The third kappa shape index (κ3) is 4.31. The van der Waals surface area contributed by atoms with Crippen LogP contribution < -0.4 is 15.4 Å². The smallest absolute Gasteiger partial charge is 0.261 e. The van der Waals surface area contributed by atoms with Crippen LogP contribution in [0.2, 0.25) is 0 Å². The maximum absolute atomic E-state index is 12.8. The minimum atomic E-state index is -0.289. The molecule has 0 radical (unpaired) electrons. The number of nitrogens with zero attached hydrogens (tertiary/aromatic N) is 2. The van der Waals surface area contributed by atoms with Crippen LogP contribution in [0.5, 0.6) is 5.88 Å². The van der Waals surface area contributed by atoms with Crippen LogP contribution in [-0.4, -0.2) is 35.0 Å². The fourth-order valence-corrected chi connectivity index (χ4v) is 2.85. The monoisotopic (exact) mass is 380 g/mol. The molecule has 0 saturated heterocycles. The van der Waals surface area contributed by atoms with Crippen molar-refractivity contribution in [3.8, 4) is 5.88 Å². The standard InChI is InChI=1S/C21H24N4O3/c1-4-11-28-21-17(8-5-14(2)23-21)20(27)24-16-7-6-15-9-10-25(18(15)12-16)13-19(26)22-3/h5-10,12H,4,11,13H2,1-3H3,(H,22,26)(H,24,27). The lowest BCUT2D eigenvalue weighted by Crippen LogP contribution is -2.23. The third-order valence-corrected chi connectivity index (χ3v) is 4.31. The molecule has 2 amide bonds. The first-order chi connectivity index (χ1) is 13.5. The fourth-order valence-electron chi connectivity index (χ4n) is 2.85. The molecule has 0 aliphatic rings. The first-order valence-corrected chi connectivity index (χ1v) is 9.23. The van der Waals surface area contributed by atoms with Crippen LogP contribution >= 0.6 is 0 Å². The first kappa shape index (κ1) is 19.4. The summed E-state index contributed by atoms with van der Waals surface area (Å²) in [5.74, 6) is -0.0406. The van der Waals surface area contributed by atoms with Crippen molar-refractivity contribution in [3.63, 3.8) is 0 Å². The molecule has 0 atom stereocenters. The van der Waals surface area contributed by atoms with E-state index in [1.165, 1.54) is 0 Å². The Kier molecular flexibility index (Phi) is 5.93. The van der Waals surface area contributed by atoms with Gasteiger partial charge in [-0.1, -0.05) is 13.0 Å². The second-order valence-corrected chi connectivity index (χ2v) is 6.50. The molecule has 0 unspecified atom stereocenters. The van der Waals surface area contributed by atoms with Gasteiger partial charge >= 0.3 is 0 Å². The van der Waals surface area contributed by atoms with Crippen LogP contribution in [0.15, 0.2) is 42.6 Å². The molecule has 146 valence electrons. The number of carbonyl (C=O) groups excluding carboxylic acids is 2. The van der Waals surface area contributed by atoms with Crippen LogP contribution in [0, 0.1) is 6.92 Å². The SMILES string of the molecule is CCCOc1nc(C)ccc1C(=O)Nc1ccc2ccn(CC(=O)NC)c2c1. The minimum Gasteiger partial charge on any atom is -0.477 e. The van der Waals surface area contributed by atoms with Crippen molar-refractivity contribution >= 4 is 28.4 Å². The number of hydrogen-bond donors (Lipinski definition) is 2. The number of fused-ring (bicyclic) bond motifs is 1. The molecule has 0 fully saturated rings. The summed E-state index contributed by atoms with van der Waals surface area (Å²) in [5, 5.41) is 6.50. The zero-order valence-electron chi connectivity index (χ0n) is 16.3. The lowest BCUT2D eigenvalue weighted by Gasteiger charge is -2.12. The Morgan fingerprint density at radius 2 is 2.00 bits per heavy atom. The summed E-state index contributed by atoms with van der Waals surface area (Å²) in [6, 6.07) is 11.0. The Hall–Kier alpha value is -3.35. The van der Waals surface area contributed by atoms with Crippen molar-refractivity contribution in [1.29, 1.82) is 0 Å². The molecule has 3 rings (SSSR count). The van der Waals surface area contributed by atoms with Gasteiger partial charge in [-0.3, -0.25) is 9.59 Å². The third-order valence-electron chi connectivity index (χ3n) is 4.31. The van der Waals surface area contributed by atoms with Gasteiger partial charge in [0.05, 0.1) is 12.1 Å². The van der Waals surface area contributed by atoms with Gasteiger partial charge in [0, 0.05) is 24.6 Å². The summed E-state index contributed by atoms with van der Waals surface area (Å²) in [6.45, 7) is 4.57. The van der Waals surface area contributed by atoms with Crippen LogP contribution in [0.25, 0.3) is 10.9 Å². The zero-order valence-corrected chi connectivity index (χ0v) is 16.3. The number of hydrogen-bond acceptors (Lipinski definition) is 4. The van der Waals surface area contributed by atoms with E-state index in [0.29, 0.717) is 23.7 Å². The van der Waals surface area contributed by atoms with Crippen molar-refractivity contribution in [2.45, 2.75) is 26.8 Å². The quantitative estimate of drug-likeness (QED) is 0.659. The van der Waals surface area contributed by atoms with E-state index in [-0.39, 0.29) is 18.4 Å². The molecule has 0 bridgehead atoms. The highest BCUT2D eigenvalue weighted by molar-refractivity contribution is 6.06. The molecule has 2 N–H and O–H groups in total. The highest BCUT2D eigenvalue weighted by atomic mass is 16.5. The normalized spacial score (nSPS) is 10.7. The van der Waals surface area contributed by atoms with Crippen molar-refractivity contribution in [2.75, 3.05) is 19.0 Å². The maximum atomic E-state index is 12.8. The average molecular weight is 380 g/mol. The van der Waals surface area contributed by atoms with Gasteiger partial charge in [-0.2, -0.15) is 0 Å². The molecule has 2 heterocycles. The Morgan fingerprint density at radius 3 is 2.75 bits per heavy atom. The summed E-state index contributed by atoms with van der Waals surface area (Å²) in [7, 11) is 1.60. The highest BCUT2D eigenvalue weighted by Gasteiger charge is 2.15. The average Bonchev–Trinajstić information content (AvgIpc) is 3.08. The van der Waals surface area contributed by atoms with E-state index >= 15 is 0 Å². The number of pyridine rings is 1. The molecule has 0 spiro atoms. The van der Waals surface area contributed by atoms with Gasteiger partial charge in [0.2, 0.25) is 11.8 Å². The zero-order chi connectivity index (χ0) is 20.1. The van der Waals surface area contributed by atoms with E-state index in [4.69, 9.17) is 4.74 Å². The Balaban J connectivity index is 1.85. The minimum absolute atomic E-state index is 0.0876. The van der Waals surface area contributed by atoms with Gasteiger partial charge in [0.25, 0.3) is 5.91 Å². The van der Waals surface area contributed by atoms with Crippen LogP contribution in [0.1, 0.15) is 29.4 Å². The van der Waals surface area contributed by atoms with Gasteiger partial charge in [0.15, 0.2) is 0 Å². The summed E-state index contributed by atoms with van der Waals surface area (Å²) >= 11 is 0. The first-order valence-electron chi connectivity index (χ1n) is 9.23. The summed E-state index contributed by atoms with van der Waals surface area (Å²) in [6.07, 6.45) is 2.68. The van der Waals surface area contributed by atoms with E-state index < -0.39 is 0 Å². The van der Waals surface area contributed by atoms with Crippen LogP contribution in [-0.2, 0) is 11.3 Å². The number of benzene rings is 1. The Bertz CT molecular complexity index is 1010. The Morgan fingerprint density at radius 1 is 1.18 bits per heavy atom. The predicted molar refractivity (Wildman–Crippen MR) is 109 cm³/mol. The van der Waals surface area contributed by atoms with Gasteiger partial charge in [0.1, 0.15) is 12.1 Å². The molecular weight excluding hydrogens is 356 g/mol. The Labute approximate surface area is 163 Å². The summed E-state index contributed by atoms with van der Waals surface area (Å²) < 4.78 is 7.48. The molecule has 7 nitrogen and oxygen atoms in total. The number of aromatic nitrogens is 2. The van der Waals surface area contributed by atoms with Crippen molar-refractivity contribution in [3.05, 3.63) is 53.9 Å². The molecule has 28 heavy (non-hydrogen) atoms. The number of nitrogens with one attached hydrogen (secondary N) is 2. The van der Waals surface area contributed by atoms with Crippen molar-refractivity contribution < 1.29 is 14.3 Å². The van der Waals surface area contributed by atoms with Gasteiger partial charge < -0.3 is 19.9 Å². The molecule has 3 aromatic rings. The van der Waals surface area contributed by atoms with Gasteiger partial charge in [-0.25, -0.2) is 4.98 Å². The second-order valence-electron chi connectivity index (χ2n) is 6.50. The number of aryl methyl sites for hydroxylation is 1. The number of rotatable bonds is 7. The largest absolute Gasteiger partial charge is 0.477 e. The molecule has 0 saturated carbocycles. The molecule has 7 heteroatoms. The predicted octanol–water partition coefficient (Wildman–Crippen LogP) is 3.13. The number of anilines is 1. The lowest BCUT2D eigenvalue weighted by molar-refractivity contribution is -0.121. The van der Waals surface area contributed by atoms with Gasteiger partial charge in [-0.05, 0) is 49.1 Å². The van der Waals surface area contributed by atoms with Crippen molar-refractivity contribution in [1.82, 2.24) is 14.9 Å². The fraction of sp³-hybridized carbons (Fsp3) is 0.286. The number of ether oxygens (including phenoxy) is 1. The van der Waals surface area contributed by atoms with E-state index in [9.17, 15) is 9.59 Å². The van der Waals surface area contributed by atoms with Crippen molar-refractivity contribution in [2.24, 2.45) is 0 Å². The molecular formula is C21H24N4O3. The summed E-state index contributed by atoms with van der Waals surface area (Å²) in [5.41, 5.74) is 2.68. The molecule has 1 aromatic carbocycles. The van der Waals surface area contributed by atoms with E-state index in [1.54, 1.807) is 19.2 Å².